The Morgan fingerprint density at radius 2 is 1.95 bits per heavy atom. The van der Waals surface area contributed by atoms with E-state index in [-0.39, 0.29) is 11.8 Å². The molecule has 0 spiro atoms. The molecule has 0 saturated heterocycles. The van der Waals surface area contributed by atoms with Crippen molar-refractivity contribution in [1.82, 2.24) is 9.97 Å². The monoisotopic (exact) mass is 275 g/mol. The average molecular weight is 275 g/mol. The first-order valence-corrected chi connectivity index (χ1v) is 6.12. The molecule has 0 aliphatic heterocycles. The van der Waals surface area contributed by atoms with Gasteiger partial charge in [-0.3, -0.25) is 0 Å². The SMILES string of the molecule is CNc1nc(C2CC2)nc(OC(C)C(F)(F)F)c1C. The van der Waals surface area contributed by atoms with E-state index in [1.165, 1.54) is 0 Å². The van der Waals surface area contributed by atoms with Crippen molar-refractivity contribution in [2.45, 2.75) is 44.9 Å². The number of ether oxygens (including phenoxy) is 1. The second kappa shape index (κ2) is 4.86. The summed E-state index contributed by atoms with van der Waals surface area (Å²) in [6.45, 7) is 2.61. The third-order valence-corrected chi connectivity index (χ3v) is 3.05. The van der Waals surface area contributed by atoms with E-state index in [2.05, 4.69) is 15.3 Å². The van der Waals surface area contributed by atoms with Gasteiger partial charge in [-0.25, -0.2) is 4.98 Å². The topological polar surface area (TPSA) is 47.0 Å². The van der Waals surface area contributed by atoms with E-state index < -0.39 is 12.3 Å². The number of aromatic nitrogens is 2. The number of halogens is 3. The van der Waals surface area contributed by atoms with Gasteiger partial charge in [-0.2, -0.15) is 18.2 Å². The van der Waals surface area contributed by atoms with Crippen LogP contribution in [0.15, 0.2) is 0 Å². The summed E-state index contributed by atoms with van der Waals surface area (Å²) in [5, 5.41) is 2.86. The maximum atomic E-state index is 12.5. The van der Waals surface area contributed by atoms with Crippen LogP contribution in [0, 0.1) is 6.92 Å². The van der Waals surface area contributed by atoms with Crippen molar-refractivity contribution in [3.05, 3.63) is 11.4 Å². The molecule has 1 aliphatic rings. The lowest BCUT2D eigenvalue weighted by atomic mass is 10.3. The van der Waals surface area contributed by atoms with Crippen LogP contribution >= 0.6 is 0 Å². The van der Waals surface area contributed by atoms with Gasteiger partial charge in [0.15, 0.2) is 6.10 Å². The van der Waals surface area contributed by atoms with Crippen molar-refractivity contribution < 1.29 is 17.9 Å². The van der Waals surface area contributed by atoms with Crippen molar-refractivity contribution in [2.24, 2.45) is 0 Å². The quantitative estimate of drug-likeness (QED) is 0.917. The number of anilines is 1. The van der Waals surface area contributed by atoms with Gasteiger partial charge in [0.05, 0.1) is 5.56 Å². The summed E-state index contributed by atoms with van der Waals surface area (Å²) in [6.07, 6.45) is -4.35. The Labute approximate surface area is 109 Å². The molecule has 1 aromatic heterocycles. The molecule has 0 radical (unpaired) electrons. The van der Waals surface area contributed by atoms with Gasteiger partial charge in [0.25, 0.3) is 0 Å². The highest BCUT2D eigenvalue weighted by atomic mass is 19.4. The number of hydrogen-bond donors (Lipinski definition) is 1. The van der Waals surface area contributed by atoms with Crippen LogP contribution in [0.5, 0.6) is 5.88 Å². The van der Waals surface area contributed by atoms with Crippen LogP contribution in [0.3, 0.4) is 0 Å². The first kappa shape index (κ1) is 13.9. The molecule has 1 fully saturated rings. The van der Waals surface area contributed by atoms with Crippen LogP contribution in [-0.4, -0.2) is 29.3 Å². The van der Waals surface area contributed by atoms with Gasteiger partial charge in [-0.15, -0.1) is 0 Å². The second-order valence-electron chi connectivity index (χ2n) is 4.69. The van der Waals surface area contributed by atoms with E-state index in [1.54, 1.807) is 14.0 Å². The van der Waals surface area contributed by atoms with E-state index >= 15 is 0 Å². The molecule has 0 amide bonds. The zero-order valence-corrected chi connectivity index (χ0v) is 11.0. The van der Waals surface area contributed by atoms with Gasteiger partial charge in [0.1, 0.15) is 11.6 Å². The minimum absolute atomic E-state index is 0.00563. The minimum atomic E-state index is -4.41. The molecule has 2 rings (SSSR count). The summed E-state index contributed by atoms with van der Waals surface area (Å²) in [6, 6.07) is 0. The third kappa shape index (κ3) is 3.08. The molecular formula is C12H16F3N3O. The van der Waals surface area contributed by atoms with Crippen LogP contribution in [0.1, 0.15) is 37.1 Å². The van der Waals surface area contributed by atoms with Crippen LogP contribution in [0.25, 0.3) is 0 Å². The highest BCUT2D eigenvalue weighted by Crippen LogP contribution is 2.40. The van der Waals surface area contributed by atoms with Crippen molar-refractivity contribution in [3.63, 3.8) is 0 Å². The summed E-state index contributed by atoms with van der Waals surface area (Å²) >= 11 is 0. The molecule has 1 saturated carbocycles. The zero-order chi connectivity index (χ0) is 14.2. The molecular weight excluding hydrogens is 259 g/mol. The summed E-state index contributed by atoms with van der Waals surface area (Å²) in [5.74, 6) is 1.32. The number of alkyl halides is 3. The van der Waals surface area contributed by atoms with E-state index in [9.17, 15) is 13.2 Å². The number of hydrogen-bond acceptors (Lipinski definition) is 4. The first-order valence-electron chi connectivity index (χ1n) is 6.12. The maximum absolute atomic E-state index is 12.5. The third-order valence-electron chi connectivity index (χ3n) is 3.05. The number of nitrogens with one attached hydrogen (secondary N) is 1. The van der Waals surface area contributed by atoms with E-state index in [0.29, 0.717) is 17.2 Å². The van der Waals surface area contributed by atoms with E-state index in [0.717, 1.165) is 19.8 Å². The Hall–Kier alpha value is -1.53. The molecule has 0 aromatic carbocycles. The predicted molar refractivity (Wildman–Crippen MR) is 64.4 cm³/mol. The summed E-state index contributed by atoms with van der Waals surface area (Å²) < 4.78 is 42.6. The Morgan fingerprint density at radius 3 is 2.42 bits per heavy atom. The maximum Gasteiger partial charge on any atom is 0.425 e. The van der Waals surface area contributed by atoms with Crippen molar-refractivity contribution >= 4 is 5.82 Å². The summed E-state index contributed by atoms with van der Waals surface area (Å²) in [7, 11) is 1.67. The highest BCUT2D eigenvalue weighted by molar-refractivity contribution is 5.48. The van der Waals surface area contributed by atoms with E-state index in [1.807, 2.05) is 0 Å². The molecule has 1 unspecified atom stereocenters. The normalized spacial score (nSPS) is 17.2. The highest BCUT2D eigenvalue weighted by Gasteiger charge is 2.39. The van der Waals surface area contributed by atoms with Gasteiger partial charge in [-0.1, -0.05) is 0 Å². The predicted octanol–water partition coefficient (Wildman–Crippen LogP) is 3.03. The molecule has 1 aromatic rings. The molecule has 106 valence electrons. The van der Waals surface area contributed by atoms with Gasteiger partial charge in [-0.05, 0) is 26.7 Å². The standard InChI is InChI=1S/C12H16F3N3O/c1-6-9(16-3)17-10(8-4-5-8)18-11(6)19-7(2)12(13,14)15/h7-8H,4-5H2,1-3H3,(H,16,17,18). The van der Waals surface area contributed by atoms with Crippen LogP contribution in [-0.2, 0) is 0 Å². The van der Waals surface area contributed by atoms with Gasteiger partial charge in [0.2, 0.25) is 5.88 Å². The van der Waals surface area contributed by atoms with Crippen molar-refractivity contribution in [3.8, 4) is 5.88 Å². The Bertz CT molecular complexity index is 472. The number of nitrogens with zero attached hydrogens (tertiary/aromatic N) is 2. The lowest BCUT2D eigenvalue weighted by molar-refractivity contribution is -0.190. The largest absolute Gasteiger partial charge is 0.465 e. The molecule has 19 heavy (non-hydrogen) atoms. The Morgan fingerprint density at radius 1 is 1.32 bits per heavy atom. The first-order chi connectivity index (χ1) is 8.82. The molecule has 1 aliphatic carbocycles. The molecule has 1 heterocycles. The number of rotatable bonds is 4. The zero-order valence-electron chi connectivity index (χ0n) is 11.0. The van der Waals surface area contributed by atoms with E-state index in [4.69, 9.17) is 4.74 Å². The fourth-order valence-electron chi connectivity index (χ4n) is 1.63. The Kier molecular flexibility index (Phi) is 3.56. The van der Waals surface area contributed by atoms with Crippen molar-refractivity contribution in [2.75, 3.05) is 12.4 Å². The smallest absolute Gasteiger partial charge is 0.425 e. The summed E-state index contributed by atoms with van der Waals surface area (Å²) in [5.41, 5.74) is 0.489. The van der Waals surface area contributed by atoms with Crippen LogP contribution < -0.4 is 10.1 Å². The van der Waals surface area contributed by atoms with Crippen molar-refractivity contribution in [1.29, 1.82) is 0 Å². The fourth-order valence-corrected chi connectivity index (χ4v) is 1.63. The molecule has 1 N–H and O–H groups in total. The van der Waals surface area contributed by atoms with Gasteiger partial charge in [0, 0.05) is 13.0 Å². The van der Waals surface area contributed by atoms with Crippen LogP contribution in [0.2, 0.25) is 0 Å². The lowest BCUT2D eigenvalue weighted by Gasteiger charge is -2.19. The average Bonchev–Trinajstić information content (AvgIpc) is 3.14. The van der Waals surface area contributed by atoms with Gasteiger partial charge < -0.3 is 10.1 Å². The minimum Gasteiger partial charge on any atom is -0.465 e. The molecule has 1 atom stereocenters. The molecule has 0 bridgehead atoms. The second-order valence-corrected chi connectivity index (χ2v) is 4.69. The fraction of sp³-hybridized carbons (Fsp3) is 0.667. The molecule has 7 heteroatoms. The molecule has 4 nitrogen and oxygen atoms in total. The van der Waals surface area contributed by atoms with Crippen LogP contribution in [0.4, 0.5) is 19.0 Å². The summed E-state index contributed by atoms with van der Waals surface area (Å²) in [4.78, 5) is 8.42. The van der Waals surface area contributed by atoms with Gasteiger partial charge >= 0.3 is 6.18 Å². The Balaban J connectivity index is 2.30. The lowest BCUT2D eigenvalue weighted by Crippen LogP contribution is -2.32.